The molecule has 3 aromatic rings. The molecule has 1 aromatic carbocycles. The van der Waals surface area contributed by atoms with E-state index in [4.69, 9.17) is 4.74 Å². The van der Waals surface area contributed by atoms with Gasteiger partial charge in [0, 0.05) is 18.4 Å². The van der Waals surface area contributed by atoms with Crippen LogP contribution in [0.2, 0.25) is 0 Å². The molecule has 1 N–H and O–H groups in total. The van der Waals surface area contributed by atoms with E-state index in [0.29, 0.717) is 6.54 Å². The van der Waals surface area contributed by atoms with Crippen LogP contribution in [0.5, 0.6) is 5.75 Å². The van der Waals surface area contributed by atoms with Crippen molar-refractivity contribution >= 4 is 17.8 Å². The van der Waals surface area contributed by atoms with Crippen LogP contribution < -0.4 is 10.1 Å². The summed E-state index contributed by atoms with van der Waals surface area (Å²) in [5.74, 6) is 0.273. The minimum Gasteiger partial charge on any atom is -0.495 e. The molecule has 0 saturated heterocycles. The maximum Gasteiger partial charge on any atom is 0.212 e. The lowest BCUT2D eigenvalue weighted by Crippen LogP contribution is -2.00. The summed E-state index contributed by atoms with van der Waals surface area (Å²) in [6, 6.07) is 14.9. The van der Waals surface area contributed by atoms with Gasteiger partial charge in [-0.1, -0.05) is 24.3 Å². The zero-order chi connectivity index (χ0) is 17.5. The summed E-state index contributed by atoms with van der Waals surface area (Å²) in [5.41, 5.74) is 3.86. The van der Waals surface area contributed by atoms with E-state index in [0.717, 1.165) is 28.3 Å². The van der Waals surface area contributed by atoms with E-state index in [2.05, 4.69) is 15.3 Å². The van der Waals surface area contributed by atoms with Gasteiger partial charge in [-0.15, -0.1) is 0 Å². The van der Waals surface area contributed by atoms with Gasteiger partial charge in [-0.05, 0) is 47.5 Å². The number of halogens is 1. The third kappa shape index (κ3) is 4.88. The maximum absolute atomic E-state index is 12.8. The van der Waals surface area contributed by atoms with Gasteiger partial charge < -0.3 is 10.1 Å². The first-order valence-electron chi connectivity index (χ1n) is 7.85. The molecule has 0 amide bonds. The molecule has 5 heteroatoms. The van der Waals surface area contributed by atoms with Gasteiger partial charge in [0.2, 0.25) is 5.95 Å². The molecular formula is C20H18FN3O. The summed E-state index contributed by atoms with van der Waals surface area (Å²) in [4.78, 5) is 7.93. The number of rotatable bonds is 6. The van der Waals surface area contributed by atoms with Crippen molar-refractivity contribution < 1.29 is 9.13 Å². The van der Waals surface area contributed by atoms with Crippen molar-refractivity contribution in [2.75, 3.05) is 12.4 Å². The van der Waals surface area contributed by atoms with Crippen LogP contribution in [0.3, 0.4) is 0 Å². The molecule has 0 aliphatic carbocycles. The molecule has 0 fully saturated rings. The fourth-order valence-corrected chi connectivity index (χ4v) is 2.22. The Morgan fingerprint density at radius 1 is 0.960 bits per heavy atom. The number of nitrogens with zero attached hydrogens (tertiary/aromatic N) is 2. The number of methoxy groups -OCH3 is 1. The first-order chi connectivity index (χ1) is 12.2. The summed E-state index contributed by atoms with van der Waals surface area (Å²) in [7, 11) is 1.62. The highest BCUT2D eigenvalue weighted by Crippen LogP contribution is 2.14. The molecule has 0 radical (unpaired) electrons. The van der Waals surface area contributed by atoms with Crippen LogP contribution in [-0.2, 0) is 6.54 Å². The van der Waals surface area contributed by atoms with Crippen LogP contribution in [0.1, 0.15) is 16.8 Å². The number of hydrogen-bond donors (Lipinski definition) is 1. The van der Waals surface area contributed by atoms with Crippen LogP contribution in [0.25, 0.3) is 12.2 Å². The van der Waals surface area contributed by atoms with E-state index in [9.17, 15) is 4.39 Å². The van der Waals surface area contributed by atoms with Gasteiger partial charge in [0.15, 0.2) is 0 Å². The average molecular weight is 335 g/mol. The van der Waals surface area contributed by atoms with E-state index < -0.39 is 5.95 Å². The summed E-state index contributed by atoms with van der Waals surface area (Å²) in [6.07, 6.45) is 7.17. The summed E-state index contributed by atoms with van der Waals surface area (Å²) in [5, 5.41) is 3.28. The molecule has 2 aromatic heterocycles. The van der Waals surface area contributed by atoms with Crippen molar-refractivity contribution in [2.24, 2.45) is 0 Å². The van der Waals surface area contributed by atoms with Crippen LogP contribution in [0.4, 0.5) is 10.1 Å². The summed E-state index contributed by atoms with van der Waals surface area (Å²) >= 11 is 0. The minimum absolute atomic E-state index is 0.466. The molecule has 3 rings (SSSR count). The fraction of sp³-hybridized carbons (Fsp3) is 0.100. The minimum atomic E-state index is -0.466. The van der Waals surface area contributed by atoms with Crippen LogP contribution >= 0.6 is 0 Å². The normalized spacial score (nSPS) is 10.8. The Morgan fingerprint density at radius 2 is 1.80 bits per heavy atom. The second-order valence-corrected chi connectivity index (χ2v) is 5.42. The van der Waals surface area contributed by atoms with Gasteiger partial charge in [0.05, 0.1) is 19.0 Å². The van der Waals surface area contributed by atoms with E-state index in [1.165, 1.54) is 12.3 Å². The highest BCUT2D eigenvalue weighted by Gasteiger charge is 1.97. The molecule has 126 valence electrons. The average Bonchev–Trinajstić information content (AvgIpc) is 2.67. The number of pyridine rings is 2. The van der Waals surface area contributed by atoms with Gasteiger partial charge in [-0.2, -0.15) is 4.39 Å². The molecule has 0 saturated carbocycles. The predicted octanol–water partition coefficient (Wildman–Crippen LogP) is 4.41. The first kappa shape index (κ1) is 16.6. The Hall–Kier alpha value is -3.21. The first-order valence-corrected chi connectivity index (χ1v) is 7.85. The lowest BCUT2D eigenvalue weighted by atomic mass is 10.1. The number of benzene rings is 1. The highest BCUT2D eigenvalue weighted by atomic mass is 19.1. The molecule has 4 nitrogen and oxygen atoms in total. The molecule has 0 spiro atoms. The van der Waals surface area contributed by atoms with Gasteiger partial charge >= 0.3 is 0 Å². The van der Waals surface area contributed by atoms with Crippen molar-refractivity contribution in [3.63, 3.8) is 0 Å². The number of nitrogens with one attached hydrogen (secondary N) is 1. The predicted molar refractivity (Wildman–Crippen MR) is 97.7 cm³/mol. The van der Waals surface area contributed by atoms with Gasteiger partial charge in [0.25, 0.3) is 0 Å². The zero-order valence-electron chi connectivity index (χ0n) is 13.8. The van der Waals surface area contributed by atoms with Crippen molar-refractivity contribution in [1.82, 2.24) is 9.97 Å². The highest BCUT2D eigenvalue weighted by molar-refractivity contribution is 5.69. The van der Waals surface area contributed by atoms with Gasteiger partial charge in [-0.3, -0.25) is 4.98 Å². The van der Waals surface area contributed by atoms with Gasteiger partial charge in [0.1, 0.15) is 5.75 Å². The largest absolute Gasteiger partial charge is 0.495 e. The quantitative estimate of drug-likeness (QED) is 0.678. The van der Waals surface area contributed by atoms with E-state index in [1.807, 2.05) is 48.6 Å². The van der Waals surface area contributed by atoms with Crippen molar-refractivity contribution in [2.45, 2.75) is 6.54 Å². The SMILES string of the molecule is COc1ccc(/C=C/c2ccc(NCc3ccc(F)nc3)cc2)nc1. The molecule has 25 heavy (non-hydrogen) atoms. The Balaban J connectivity index is 1.57. The molecular weight excluding hydrogens is 317 g/mol. The summed E-state index contributed by atoms with van der Waals surface area (Å²) in [6.45, 7) is 0.595. The molecule has 0 aliphatic heterocycles. The smallest absolute Gasteiger partial charge is 0.212 e. The molecule has 0 aliphatic rings. The lowest BCUT2D eigenvalue weighted by Gasteiger charge is -2.06. The Bertz CT molecular complexity index is 828. The second-order valence-electron chi connectivity index (χ2n) is 5.42. The topological polar surface area (TPSA) is 47.0 Å². The van der Waals surface area contributed by atoms with E-state index in [-0.39, 0.29) is 0 Å². The Labute approximate surface area is 146 Å². The van der Waals surface area contributed by atoms with E-state index >= 15 is 0 Å². The third-order valence-electron chi connectivity index (χ3n) is 3.64. The number of anilines is 1. The Morgan fingerprint density at radius 3 is 2.44 bits per heavy atom. The van der Waals surface area contributed by atoms with Crippen LogP contribution in [-0.4, -0.2) is 17.1 Å². The van der Waals surface area contributed by atoms with Crippen molar-refractivity contribution in [3.8, 4) is 5.75 Å². The lowest BCUT2D eigenvalue weighted by molar-refractivity contribution is 0.413. The standard InChI is InChI=1S/C20H18FN3O/c1-25-19-10-9-18(23-14-19)8-4-15-2-6-17(7-3-15)22-12-16-5-11-20(21)24-13-16/h2-11,13-14,22H,12H2,1H3/b8-4+. The molecule has 0 bridgehead atoms. The molecule has 2 heterocycles. The summed E-state index contributed by atoms with van der Waals surface area (Å²) < 4.78 is 17.9. The van der Waals surface area contributed by atoms with Crippen LogP contribution in [0, 0.1) is 5.95 Å². The number of ether oxygens (including phenoxy) is 1. The van der Waals surface area contributed by atoms with Gasteiger partial charge in [-0.25, -0.2) is 4.98 Å². The van der Waals surface area contributed by atoms with E-state index in [1.54, 1.807) is 19.4 Å². The monoisotopic (exact) mass is 335 g/mol. The molecule has 0 unspecified atom stereocenters. The second kappa shape index (κ2) is 8.06. The maximum atomic E-state index is 12.8. The third-order valence-corrected chi connectivity index (χ3v) is 3.64. The Kier molecular flexibility index (Phi) is 5.36. The number of aromatic nitrogens is 2. The van der Waals surface area contributed by atoms with Crippen molar-refractivity contribution in [1.29, 1.82) is 0 Å². The molecule has 0 atom stereocenters. The van der Waals surface area contributed by atoms with Crippen molar-refractivity contribution in [3.05, 3.63) is 83.7 Å². The zero-order valence-corrected chi connectivity index (χ0v) is 13.8. The van der Waals surface area contributed by atoms with Crippen LogP contribution in [0.15, 0.2) is 60.9 Å². The number of hydrogen-bond acceptors (Lipinski definition) is 4. The fourth-order valence-electron chi connectivity index (χ4n) is 2.22.